The molecule has 0 saturated heterocycles. The molecular weight excluding hydrogens is 334 g/mol. The van der Waals surface area contributed by atoms with Crippen LogP contribution in [0.2, 0.25) is 0 Å². The molecule has 27 heavy (non-hydrogen) atoms. The number of para-hydroxylation sites is 1. The number of esters is 1. The number of ether oxygens (including phenoxy) is 1. The van der Waals surface area contributed by atoms with Crippen molar-refractivity contribution in [3.05, 3.63) is 77.9 Å². The number of rotatable bonds is 8. The van der Waals surface area contributed by atoms with Crippen molar-refractivity contribution in [2.24, 2.45) is 10.4 Å². The molecule has 0 aromatic heterocycles. The second-order valence-corrected chi connectivity index (χ2v) is 6.79. The van der Waals surface area contributed by atoms with E-state index in [4.69, 9.17) is 9.73 Å². The maximum Gasteiger partial charge on any atom is 0.321 e. The van der Waals surface area contributed by atoms with Gasteiger partial charge in [-0.15, -0.1) is 0 Å². The fourth-order valence-corrected chi connectivity index (χ4v) is 2.98. The molecule has 0 aliphatic rings. The molecule has 2 aromatic rings. The van der Waals surface area contributed by atoms with E-state index in [1.165, 1.54) is 5.56 Å². The zero-order valence-electron chi connectivity index (χ0n) is 16.7. The van der Waals surface area contributed by atoms with Gasteiger partial charge in [0, 0.05) is 5.71 Å². The lowest BCUT2D eigenvalue weighted by atomic mass is 9.78. The molecule has 1 atom stereocenters. The van der Waals surface area contributed by atoms with E-state index in [0.717, 1.165) is 29.8 Å². The predicted molar refractivity (Wildman–Crippen MR) is 112 cm³/mol. The Kier molecular flexibility index (Phi) is 7.54. The van der Waals surface area contributed by atoms with Crippen molar-refractivity contribution < 1.29 is 9.53 Å². The second kappa shape index (κ2) is 9.86. The van der Waals surface area contributed by atoms with E-state index in [1.807, 2.05) is 76.2 Å². The smallest absolute Gasteiger partial charge is 0.321 e. The maximum absolute atomic E-state index is 12.8. The Hall–Kier alpha value is -2.68. The van der Waals surface area contributed by atoms with Gasteiger partial charge in [0.1, 0.15) is 5.41 Å². The molecule has 0 saturated carbocycles. The molecule has 0 spiro atoms. The first-order chi connectivity index (χ1) is 13.0. The predicted octanol–water partition coefficient (Wildman–Crippen LogP) is 5.93. The van der Waals surface area contributed by atoms with Crippen molar-refractivity contribution in [2.45, 2.75) is 40.5 Å². The molecule has 3 heteroatoms. The Bertz CT molecular complexity index is 794. The van der Waals surface area contributed by atoms with E-state index in [9.17, 15) is 4.79 Å². The lowest BCUT2D eigenvalue weighted by Gasteiger charge is -2.28. The Morgan fingerprint density at radius 2 is 1.63 bits per heavy atom. The number of benzene rings is 2. The molecular formula is C24H29NO2. The lowest BCUT2D eigenvalue weighted by molar-refractivity contribution is -0.148. The van der Waals surface area contributed by atoms with Gasteiger partial charge in [-0.25, -0.2) is 0 Å². The Morgan fingerprint density at radius 3 is 2.22 bits per heavy atom. The van der Waals surface area contributed by atoms with E-state index in [2.05, 4.69) is 18.2 Å². The highest BCUT2D eigenvalue weighted by Crippen LogP contribution is 2.32. The van der Waals surface area contributed by atoms with Gasteiger partial charge in [0.25, 0.3) is 0 Å². The lowest BCUT2D eigenvalue weighted by Crippen LogP contribution is -2.38. The van der Waals surface area contributed by atoms with Crippen LogP contribution >= 0.6 is 0 Å². The van der Waals surface area contributed by atoms with E-state index in [0.29, 0.717) is 6.61 Å². The number of nitrogens with zero attached hydrogens (tertiary/aromatic N) is 1. The maximum atomic E-state index is 12.8. The van der Waals surface area contributed by atoms with Gasteiger partial charge in [-0.1, -0.05) is 60.2 Å². The van der Waals surface area contributed by atoms with Crippen LogP contribution < -0.4 is 0 Å². The number of hydrogen-bond acceptors (Lipinski definition) is 3. The third-order valence-corrected chi connectivity index (χ3v) is 4.98. The minimum absolute atomic E-state index is 0.254. The summed E-state index contributed by atoms with van der Waals surface area (Å²) >= 11 is 0. The highest BCUT2D eigenvalue weighted by atomic mass is 16.5. The molecule has 0 bridgehead atoms. The molecule has 3 nitrogen and oxygen atoms in total. The number of aliphatic imine (C=N–C) groups is 1. The summed E-state index contributed by atoms with van der Waals surface area (Å²) < 4.78 is 5.39. The minimum atomic E-state index is -0.872. The summed E-state index contributed by atoms with van der Waals surface area (Å²) in [5, 5.41) is 0. The van der Waals surface area contributed by atoms with Crippen molar-refractivity contribution in [1.82, 2.24) is 0 Å². The molecule has 2 aromatic carbocycles. The van der Waals surface area contributed by atoms with E-state index in [1.54, 1.807) is 0 Å². The highest BCUT2D eigenvalue weighted by Gasteiger charge is 2.39. The summed E-state index contributed by atoms with van der Waals surface area (Å²) in [6, 6.07) is 20.1. The second-order valence-electron chi connectivity index (χ2n) is 6.79. The summed E-state index contributed by atoms with van der Waals surface area (Å²) in [7, 11) is 0. The van der Waals surface area contributed by atoms with Gasteiger partial charge in [-0.3, -0.25) is 9.79 Å². The first kappa shape index (κ1) is 20.6. The molecule has 142 valence electrons. The van der Waals surface area contributed by atoms with Gasteiger partial charge in [0.05, 0.1) is 12.3 Å². The molecule has 1 unspecified atom stereocenters. The topological polar surface area (TPSA) is 38.7 Å². The molecule has 0 N–H and O–H groups in total. The summed E-state index contributed by atoms with van der Waals surface area (Å²) in [4.78, 5) is 17.5. The molecule has 0 aliphatic heterocycles. The fourth-order valence-electron chi connectivity index (χ4n) is 2.98. The average Bonchev–Trinajstić information content (AvgIpc) is 2.69. The quantitative estimate of drug-likeness (QED) is 0.331. The van der Waals surface area contributed by atoms with Crippen LogP contribution in [0.1, 0.15) is 39.7 Å². The third kappa shape index (κ3) is 5.40. The van der Waals surface area contributed by atoms with Gasteiger partial charge >= 0.3 is 5.97 Å². The monoisotopic (exact) mass is 363 g/mol. The zero-order chi connectivity index (χ0) is 19.7. The van der Waals surface area contributed by atoms with Gasteiger partial charge in [-0.2, -0.15) is 0 Å². The molecule has 0 amide bonds. The summed E-state index contributed by atoms with van der Waals surface area (Å²) in [5.74, 6) is -0.254. The molecule has 2 rings (SSSR count). The molecule has 0 heterocycles. The highest BCUT2D eigenvalue weighted by molar-refractivity contribution is 6.09. The summed E-state index contributed by atoms with van der Waals surface area (Å²) in [6.45, 7) is 7.98. The van der Waals surface area contributed by atoms with E-state index in [-0.39, 0.29) is 5.97 Å². The first-order valence-electron chi connectivity index (χ1n) is 9.47. The number of aryl methyl sites for hydroxylation is 1. The SMILES string of the molecule is CCOC(=O)C(C)(C(C)=Nc1ccccc1)/C(C)=C/CCc1ccccc1. The van der Waals surface area contributed by atoms with Crippen molar-refractivity contribution >= 4 is 17.4 Å². The average molecular weight is 364 g/mol. The van der Waals surface area contributed by atoms with Crippen LogP contribution in [0.4, 0.5) is 5.69 Å². The van der Waals surface area contributed by atoms with Crippen LogP contribution in [-0.4, -0.2) is 18.3 Å². The summed E-state index contributed by atoms with van der Waals surface area (Å²) in [5.41, 5.74) is 2.95. The largest absolute Gasteiger partial charge is 0.465 e. The van der Waals surface area contributed by atoms with Gasteiger partial charge in [0.15, 0.2) is 0 Å². The van der Waals surface area contributed by atoms with E-state index < -0.39 is 5.41 Å². The number of carbonyl (C=O) groups is 1. The fraction of sp³-hybridized carbons (Fsp3) is 0.333. The van der Waals surface area contributed by atoms with Crippen molar-refractivity contribution in [2.75, 3.05) is 6.61 Å². The minimum Gasteiger partial charge on any atom is -0.465 e. The molecule has 0 fully saturated rings. The van der Waals surface area contributed by atoms with Crippen molar-refractivity contribution in [3.8, 4) is 0 Å². The first-order valence-corrected chi connectivity index (χ1v) is 9.47. The van der Waals surface area contributed by atoms with Crippen LogP contribution in [0, 0.1) is 5.41 Å². The number of carbonyl (C=O) groups excluding carboxylic acids is 1. The van der Waals surface area contributed by atoms with Gasteiger partial charge < -0.3 is 4.74 Å². The van der Waals surface area contributed by atoms with Gasteiger partial charge in [0.2, 0.25) is 0 Å². The van der Waals surface area contributed by atoms with E-state index >= 15 is 0 Å². The molecule has 0 radical (unpaired) electrons. The van der Waals surface area contributed by atoms with Gasteiger partial charge in [-0.05, 0) is 58.2 Å². The van der Waals surface area contributed by atoms with Crippen LogP contribution in [-0.2, 0) is 16.0 Å². The van der Waals surface area contributed by atoms with Crippen LogP contribution in [0.3, 0.4) is 0 Å². The van der Waals surface area contributed by atoms with Crippen LogP contribution in [0.15, 0.2) is 77.3 Å². The normalized spacial score (nSPS) is 14.5. The molecule has 0 aliphatic carbocycles. The standard InChI is InChI=1S/C24H29NO2/c1-5-27-23(26)24(4,20(3)25-22-17-10-7-11-18-22)19(2)13-12-16-21-14-8-6-9-15-21/h6-11,13-15,17-18H,5,12,16H2,1-4H3/b19-13+,25-20?. The Balaban J connectivity index is 2.27. The zero-order valence-corrected chi connectivity index (χ0v) is 16.7. The van der Waals surface area contributed by atoms with Crippen molar-refractivity contribution in [1.29, 1.82) is 0 Å². The van der Waals surface area contributed by atoms with Crippen molar-refractivity contribution in [3.63, 3.8) is 0 Å². The van der Waals surface area contributed by atoms with Crippen LogP contribution in [0.25, 0.3) is 0 Å². The third-order valence-electron chi connectivity index (χ3n) is 4.98. The van der Waals surface area contributed by atoms with Crippen LogP contribution in [0.5, 0.6) is 0 Å². The summed E-state index contributed by atoms with van der Waals surface area (Å²) in [6.07, 6.45) is 3.93. The number of allylic oxidation sites excluding steroid dienone is 1. The number of hydrogen-bond donors (Lipinski definition) is 0. The Labute approximate surface area is 162 Å². The Morgan fingerprint density at radius 1 is 1.04 bits per heavy atom.